The number of carboxylic acids is 1. The molecule has 0 aliphatic heterocycles. The van der Waals surface area contributed by atoms with Crippen LogP contribution in [0.3, 0.4) is 0 Å². The summed E-state index contributed by atoms with van der Waals surface area (Å²) in [5.41, 5.74) is -0.112. The molecule has 0 radical (unpaired) electrons. The van der Waals surface area contributed by atoms with Gasteiger partial charge in [-0.05, 0) is 25.3 Å². The molecule has 4 heteroatoms. The molecule has 1 aliphatic carbocycles. The maximum absolute atomic E-state index is 12.2. The van der Waals surface area contributed by atoms with Crippen molar-refractivity contribution in [2.24, 2.45) is 5.41 Å². The summed E-state index contributed by atoms with van der Waals surface area (Å²) in [6.07, 6.45) is 0.929. The fraction of sp³-hybridized carbons (Fsp3) is 0.429. The minimum Gasteiger partial charge on any atom is -0.480 e. The molecule has 96 valence electrons. The molecule has 0 atom stereocenters. The van der Waals surface area contributed by atoms with Gasteiger partial charge in [0.15, 0.2) is 0 Å². The number of nitrogens with zero attached hydrogens (tertiary/aromatic N) is 1. The molecule has 0 aromatic heterocycles. The van der Waals surface area contributed by atoms with Gasteiger partial charge in [0.1, 0.15) is 5.41 Å². The number of rotatable bonds is 5. The summed E-state index contributed by atoms with van der Waals surface area (Å²) in [4.78, 5) is 25.0. The van der Waals surface area contributed by atoms with Crippen molar-refractivity contribution < 1.29 is 14.7 Å². The second-order valence-corrected chi connectivity index (χ2v) is 4.69. The predicted molar refractivity (Wildman–Crippen MR) is 66.8 cm³/mol. The van der Waals surface area contributed by atoms with Crippen LogP contribution in [-0.2, 0) is 16.1 Å². The Morgan fingerprint density at radius 1 is 1.28 bits per heavy atom. The SMILES string of the molecule is CCN(Cc1ccccc1)C(=O)C1(C(=O)O)CC1. The number of carbonyl (C=O) groups is 2. The predicted octanol–water partition coefficient (Wildman–Crippen LogP) is 1.90. The first kappa shape index (κ1) is 12.6. The van der Waals surface area contributed by atoms with E-state index in [-0.39, 0.29) is 5.91 Å². The van der Waals surface area contributed by atoms with Crippen molar-refractivity contribution in [2.45, 2.75) is 26.3 Å². The summed E-state index contributed by atoms with van der Waals surface area (Å²) in [6, 6.07) is 9.63. The first-order valence-electron chi connectivity index (χ1n) is 6.17. The summed E-state index contributed by atoms with van der Waals surface area (Å²) < 4.78 is 0. The Balaban J connectivity index is 2.10. The Hall–Kier alpha value is -1.84. The number of aliphatic carboxylic acids is 1. The quantitative estimate of drug-likeness (QED) is 0.808. The minimum atomic E-state index is -1.13. The van der Waals surface area contributed by atoms with Gasteiger partial charge >= 0.3 is 5.97 Å². The van der Waals surface area contributed by atoms with Crippen LogP contribution in [0.15, 0.2) is 30.3 Å². The zero-order valence-corrected chi connectivity index (χ0v) is 10.4. The highest BCUT2D eigenvalue weighted by molar-refractivity contribution is 6.04. The highest BCUT2D eigenvalue weighted by Crippen LogP contribution is 2.47. The lowest BCUT2D eigenvalue weighted by molar-refractivity contribution is -0.153. The number of hydrogen-bond acceptors (Lipinski definition) is 2. The third kappa shape index (κ3) is 2.23. The van der Waals surface area contributed by atoms with Crippen LogP contribution in [-0.4, -0.2) is 28.4 Å². The van der Waals surface area contributed by atoms with Crippen LogP contribution in [0.4, 0.5) is 0 Å². The van der Waals surface area contributed by atoms with Crippen LogP contribution >= 0.6 is 0 Å². The number of benzene rings is 1. The molecule has 18 heavy (non-hydrogen) atoms. The van der Waals surface area contributed by atoms with E-state index in [4.69, 9.17) is 5.11 Å². The van der Waals surface area contributed by atoms with Gasteiger partial charge in [0.25, 0.3) is 0 Å². The standard InChI is InChI=1S/C14H17NO3/c1-2-15(10-11-6-4-3-5-7-11)12(16)14(8-9-14)13(17)18/h3-7H,2,8-10H2,1H3,(H,17,18). The number of carbonyl (C=O) groups excluding carboxylic acids is 1. The molecule has 1 aliphatic rings. The second-order valence-electron chi connectivity index (χ2n) is 4.69. The number of amides is 1. The lowest BCUT2D eigenvalue weighted by Gasteiger charge is -2.24. The van der Waals surface area contributed by atoms with Crippen molar-refractivity contribution in [3.8, 4) is 0 Å². The summed E-state index contributed by atoms with van der Waals surface area (Å²) >= 11 is 0. The van der Waals surface area contributed by atoms with Gasteiger partial charge in [0.05, 0.1) is 0 Å². The molecule has 0 bridgehead atoms. The van der Waals surface area contributed by atoms with E-state index in [2.05, 4.69) is 0 Å². The second kappa shape index (κ2) is 4.80. The van der Waals surface area contributed by atoms with E-state index in [1.54, 1.807) is 4.90 Å². The molecule has 2 rings (SSSR count). The van der Waals surface area contributed by atoms with Gasteiger partial charge in [-0.1, -0.05) is 30.3 Å². The van der Waals surface area contributed by atoms with Crippen molar-refractivity contribution in [3.05, 3.63) is 35.9 Å². The average molecular weight is 247 g/mol. The van der Waals surface area contributed by atoms with E-state index in [0.717, 1.165) is 5.56 Å². The Kier molecular flexibility index (Phi) is 3.36. The molecule has 1 aromatic rings. The molecule has 1 amide bonds. The minimum absolute atomic E-state index is 0.249. The van der Waals surface area contributed by atoms with Gasteiger partial charge in [-0.25, -0.2) is 0 Å². The monoisotopic (exact) mass is 247 g/mol. The summed E-state index contributed by atoms with van der Waals surface area (Å²) in [6.45, 7) is 2.88. The average Bonchev–Trinajstić information content (AvgIpc) is 3.18. The van der Waals surface area contributed by atoms with E-state index >= 15 is 0 Å². The molecule has 1 aromatic carbocycles. The Labute approximate surface area is 106 Å². The Morgan fingerprint density at radius 3 is 2.33 bits per heavy atom. The summed E-state index contributed by atoms with van der Waals surface area (Å²) in [5.74, 6) is -1.24. The smallest absolute Gasteiger partial charge is 0.319 e. The van der Waals surface area contributed by atoms with Crippen LogP contribution in [0.25, 0.3) is 0 Å². The first-order chi connectivity index (χ1) is 8.60. The van der Waals surface area contributed by atoms with Gasteiger partial charge in [-0.15, -0.1) is 0 Å². The van der Waals surface area contributed by atoms with Crippen molar-refractivity contribution in [1.82, 2.24) is 4.90 Å². The molecule has 1 saturated carbocycles. The maximum Gasteiger partial charge on any atom is 0.319 e. The molecule has 1 fully saturated rings. The van der Waals surface area contributed by atoms with E-state index in [1.165, 1.54) is 0 Å². The highest BCUT2D eigenvalue weighted by Gasteiger charge is 2.58. The molecule has 0 saturated heterocycles. The third-order valence-corrected chi connectivity index (χ3v) is 3.45. The van der Waals surface area contributed by atoms with Crippen LogP contribution in [0.1, 0.15) is 25.3 Å². The molecular weight excluding hydrogens is 230 g/mol. The zero-order chi connectivity index (χ0) is 13.2. The van der Waals surface area contributed by atoms with Crippen molar-refractivity contribution in [2.75, 3.05) is 6.54 Å². The van der Waals surface area contributed by atoms with E-state index in [9.17, 15) is 9.59 Å². The van der Waals surface area contributed by atoms with Gasteiger partial charge < -0.3 is 10.0 Å². The normalized spacial score (nSPS) is 16.1. The molecule has 1 N–H and O–H groups in total. The Bertz CT molecular complexity index is 451. The van der Waals surface area contributed by atoms with Crippen LogP contribution < -0.4 is 0 Å². The molecule has 0 heterocycles. The topological polar surface area (TPSA) is 57.6 Å². The number of carboxylic acid groups (broad SMARTS) is 1. The van der Waals surface area contributed by atoms with Crippen LogP contribution in [0.2, 0.25) is 0 Å². The molecule has 4 nitrogen and oxygen atoms in total. The van der Waals surface area contributed by atoms with Gasteiger partial charge in [-0.3, -0.25) is 9.59 Å². The van der Waals surface area contributed by atoms with E-state index in [0.29, 0.717) is 25.9 Å². The lowest BCUT2D eigenvalue weighted by Crippen LogP contribution is -2.40. The zero-order valence-electron chi connectivity index (χ0n) is 10.4. The molecular formula is C14H17NO3. The summed E-state index contributed by atoms with van der Waals surface area (Å²) in [7, 11) is 0. The van der Waals surface area contributed by atoms with Crippen molar-refractivity contribution in [3.63, 3.8) is 0 Å². The molecule has 0 unspecified atom stereocenters. The first-order valence-corrected chi connectivity index (χ1v) is 6.17. The fourth-order valence-corrected chi connectivity index (χ4v) is 2.08. The van der Waals surface area contributed by atoms with Crippen molar-refractivity contribution in [1.29, 1.82) is 0 Å². The summed E-state index contributed by atoms with van der Waals surface area (Å²) in [5, 5.41) is 9.14. The van der Waals surface area contributed by atoms with Crippen LogP contribution in [0.5, 0.6) is 0 Å². The molecule has 0 spiro atoms. The van der Waals surface area contributed by atoms with E-state index < -0.39 is 11.4 Å². The van der Waals surface area contributed by atoms with Crippen LogP contribution in [0, 0.1) is 5.41 Å². The third-order valence-electron chi connectivity index (χ3n) is 3.45. The maximum atomic E-state index is 12.2. The highest BCUT2D eigenvalue weighted by atomic mass is 16.4. The number of hydrogen-bond donors (Lipinski definition) is 1. The lowest BCUT2D eigenvalue weighted by atomic mass is 10.1. The van der Waals surface area contributed by atoms with Gasteiger partial charge in [0, 0.05) is 13.1 Å². The van der Waals surface area contributed by atoms with E-state index in [1.807, 2.05) is 37.3 Å². The van der Waals surface area contributed by atoms with Crippen molar-refractivity contribution >= 4 is 11.9 Å². The Morgan fingerprint density at radius 2 is 1.89 bits per heavy atom. The fourth-order valence-electron chi connectivity index (χ4n) is 2.08. The van der Waals surface area contributed by atoms with Gasteiger partial charge in [-0.2, -0.15) is 0 Å². The largest absolute Gasteiger partial charge is 0.480 e. The van der Waals surface area contributed by atoms with Gasteiger partial charge in [0.2, 0.25) is 5.91 Å².